The van der Waals surface area contributed by atoms with E-state index in [0.717, 1.165) is 0 Å². The first kappa shape index (κ1) is 14.5. The van der Waals surface area contributed by atoms with Crippen LogP contribution in [0.15, 0.2) is 42.5 Å². The Morgan fingerprint density at radius 2 is 1.70 bits per heavy atom. The normalized spacial score (nSPS) is 13.8. The van der Waals surface area contributed by atoms with Crippen LogP contribution in [0.4, 0.5) is 8.78 Å². The first-order valence-electron chi connectivity index (χ1n) is 6.24. The molecule has 20 heavy (non-hydrogen) atoms. The maximum absolute atomic E-state index is 13.7. The number of hydrogen-bond acceptors (Lipinski definition) is 2. The molecule has 2 aromatic rings. The summed E-state index contributed by atoms with van der Waals surface area (Å²) < 4.78 is 32.4. The van der Waals surface area contributed by atoms with Gasteiger partial charge in [0.25, 0.3) is 0 Å². The van der Waals surface area contributed by atoms with Gasteiger partial charge in [-0.1, -0.05) is 18.2 Å². The monoisotopic (exact) mass is 278 g/mol. The van der Waals surface area contributed by atoms with Crippen molar-refractivity contribution in [2.24, 2.45) is 0 Å². The van der Waals surface area contributed by atoms with Gasteiger partial charge in [0, 0.05) is 12.0 Å². The average molecular weight is 278 g/mol. The van der Waals surface area contributed by atoms with Crippen molar-refractivity contribution < 1.29 is 18.6 Å². The van der Waals surface area contributed by atoms with Crippen molar-refractivity contribution in [2.75, 3.05) is 7.11 Å². The van der Waals surface area contributed by atoms with E-state index in [0.29, 0.717) is 11.3 Å². The lowest BCUT2D eigenvalue weighted by atomic mass is 9.88. The minimum Gasteiger partial charge on any atom is -0.497 e. The second kappa shape index (κ2) is 5.59. The highest BCUT2D eigenvalue weighted by Crippen LogP contribution is 2.29. The molecular formula is C16H16F2O2. The first-order chi connectivity index (χ1) is 9.44. The molecule has 0 bridgehead atoms. The zero-order chi connectivity index (χ0) is 14.8. The molecule has 0 saturated carbocycles. The SMILES string of the molecule is COc1cccc(C(C)(O)Cc2c(F)cccc2F)c1. The van der Waals surface area contributed by atoms with Crippen LogP contribution in [0.3, 0.4) is 0 Å². The maximum Gasteiger partial charge on any atom is 0.129 e. The van der Waals surface area contributed by atoms with Crippen LogP contribution in [-0.4, -0.2) is 12.2 Å². The van der Waals surface area contributed by atoms with E-state index in [4.69, 9.17) is 4.74 Å². The number of benzene rings is 2. The summed E-state index contributed by atoms with van der Waals surface area (Å²) >= 11 is 0. The molecule has 0 heterocycles. The summed E-state index contributed by atoms with van der Waals surface area (Å²) in [5, 5.41) is 10.5. The molecule has 2 rings (SSSR count). The second-order valence-corrected chi connectivity index (χ2v) is 4.88. The van der Waals surface area contributed by atoms with Crippen LogP contribution < -0.4 is 4.74 Å². The van der Waals surface area contributed by atoms with Gasteiger partial charge in [0.15, 0.2) is 0 Å². The van der Waals surface area contributed by atoms with E-state index >= 15 is 0 Å². The van der Waals surface area contributed by atoms with Gasteiger partial charge in [-0.3, -0.25) is 0 Å². The molecule has 0 saturated heterocycles. The molecule has 0 aliphatic rings. The summed E-state index contributed by atoms with van der Waals surface area (Å²) in [6, 6.07) is 10.5. The van der Waals surface area contributed by atoms with Gasteiger partial charge < -0.3 is 9.84 Å². The lowest BCUT2D eigenvalue weighted by molar-refractivity contribution is 0.0554. The third-order valence-electron chi connectivity index (χ3n) is 3.27. The van der Waals surface area contributed by atoms with Crippen LogP contribution >= 0.6 is 0 Å². The van der Waals surface area contributed by atoms with Crippen LogP contribution in [0, 0.1) is 11.6 Å². The van der Waals surface area contributed by atoms with Crippen molar-refractivity contribution in [2.45, 2.75) is 18.9 Å². The number of rotatable bonds is 4. The van der Waals surface area contributed by atoms with Crippen molar-refractivity contribution in [1.82, 2.24) is 0 Å². The molecule has 0 amide bonds. The Hall–Kier alpha value is -1.94. The lowest BCUT2D eigenvalue weighted by Gasteiger charge is -2.25. The van der Waals surface area contributed by atoms with Gasteiger partial charge in [-0.15, -0.1) is 0 Å². The molecule has 1 N–H and O–H groups in total. The largest absolute Gasteiger partial charge is 0.497 e. The van der Waals surface area contributed by atoms with E-state index in [-0.39, 0.29) is 12.0 Å². The van der Waals surface area contributed by atoms with E-state index in [1.807, 2.05) is 0 Å². The molecular weight excluding hydrogens is 262 g/mol. The van der Waals surface area contributed by atoms with E-state index in [1.165, 1.54) is 32.2 Å². The number of aliphatic hydroxyl groups is 1. The Balaban J connectivity index is 2.35. The van der Waals surface area contributed by atoms with Gasteiger partial charge >= 0.3 is 0 Å². The molecule has 0 aromatic heterocycles. The molecule has 1 atom stereocenters. The average Bonchev–Trinajstić information content (AvgIpc) is 2.43. The first-order valence-corrected chi connectivity index (χ1v) is 6.24. The third kappa shape index (κ3) is 2.96. The number of methoxy groups -OCH3 is 1. The molecule has 0 fully saturated rings. The Labute approximate surface area is 116 Å². The zero-order valence-electron chi connectivity index (χ0n) is 11.4. The Morgan fingerprint density at radius 3 is 2.30 bits per heavy atom. The van der Waals surface area contributed by atoms with E-state index in [9.17, 15) is 13.9 Å². The van der Waals surface area contributed by atoms with Gasteiger partial charge in [-0.05, 0) is 36.8 Å². The maximum atomic E-state index is 13.7. The molecule has 106 valence electrons. The van der Waals surface area contributed by atoms with Gasteiger partial charge in [0.2, 0.25) is 0 Å². The predicted octanol–water partition coefficient (Wildman–Crippen LogP) is 3.42. The highest BCUT2D eigenvalue weighted by molar-refractivity contribution is 5.34. The van der Waals surface area contributed by atoms with Crippen molar-refractivity contribution in [3.63, 3.8) is 0 Å². The van der Waals surface area contributed by atoms with Crippen LogP contribution in [0.1, 0.15) is 18.1 Å². The molecule has 2 nitrogen and oxygen atoms in total. The van der Waals surface area contributed by atoms with Crippen LogP contribution in [0.25, 0.3) is 0 Å². The fraction of sp³-hybridized carbons (Fsp3) is 0.250. The zero-order valence-corrected chi connectivity index (χ0v) is 11.4. The summed E-state index contributed by atoms with van der Waals surface area (Å²) in [5.74, 6) is -0.738. The number of halogens is 2. The fourth-order valence-electron chi connectivity index (χ4n) is 2.11. The molecule has 0 spiro atoms. The summed E-state index contributed by atoms with van der Waals surface area (Å²) in [7, 11) is 1.52. The Morgan fingerprint density at radius 1 is 1.10 bits per heavy atom. The minimum atomic E-state index is -1.39. The van der Waals surface area contributed by atoms with Crippen molar-refractivity contribution in [3.8, 4) is 5.75 Å². The van der Waals surface area contributed by atoms with Gasteiger partial charge in [0.05, 0.1) is 12.7 Å². The van der Waals surface area contributed by atoms with E-state index < -0.39 is 17.2 Å². The lowest BCUT2D eigenvalue weighted by Crippen LogP contribution is -2.25. The second-order valence-electron chi connectivity index (χ2n) is 4.88. The van der Waals surface area contributed by atoms with E-state index in [2.05, 4.69) is 0 Å². The van der Waals surface area contributed by atoms with Crippen molar-refractivity contribution >= 4 is 0 Å². The summed E-state index contributed by atoms with van der Waals surface area (Å²) in [6.07, 6.45) is -0.154. The fourth-order valence-corrected chi connectivity index (χ4v) is 2.11. The number of hydrogen-bond donors (Lipinski definition) is 1. The van der Waals surface area contributed by atoms with Crippen LogP contribution in [0.5, 0.6) is 5.75 Å². The minimum absolute atomic E-state index is 0.125. The van der Waals surface area contributed by atoms with Crippen LogP contribution in [0.2, 0.25) is 0 Å². The van der Waals surface area contributed by atoms with E-state index in [1.54, 1.807) is 24.3 Å². The summed E-state index contributed by atoms with van der Waals surface area (Å²) in [6.45, 7) is 1.52. The smallest absolute Gasteiger partial charge is 0.129 e. The highest BCUT2D eigenvalue weighted by atomic mass is 19.1. The molecule has 0 radical (unpaired) electrons. The Bertz CT molecular complexity index is 589. The standard InChI is InChI=1S/C16H16F2O2/c1-16(19,11-5-3-6-12(9-11)20-2)10-13-14(17)7-4-8-15(13)18/h3-9,19H,10H2,1-2H3. The van der Waals surface area contributed by atoms with Crippen molar-refractivity contribution in [3.05, 3.63) is 65.2 Å². The van der Waals surface area contributed by atoms with Crippen LogP contribution in [-0.2, 0) is 12.0 Å². The van der Waals surface area contributed by atoms with Gasteiger partial charge in [-0.25, -0.2) is 8.78 Å². The third-order valence-corrected chi connectivity index (χ3v) is 3.27. The predicted molar refractivity (Wildman–Crippen MR) is 72.6 cm³/mol. The highest BCUT2D eigenvalue weighted by Gasteiger charge is 2.27. The van der Waals surface area contributed by atoms with Crippen molar-refractivity contribution in [1.29, 1.82) is 0 Å². The topological polar surface area (TPSA) is 29.5 Å². The summed E-state index contributed by atoms with van der Waals surface area (Å²) in [4.78, 5) is 0. The Kier molecular flexibility index (Phi) is 4.04. The molecule has 2 aromatic carbocycles. The number of ether oxygens (including phenoxy) is 1. The van der Waals surface area contributed by atoms with Gasteiger partial charge in [0.1, 0.15) is 17.4 Å². The molecule has 4 heteroatoms. The quantitative estimate of drug-likeness (QED) is 0.928. The molecule has 1 unspecified atom stereocenters. The van der Waals surface area contributed by atoms with Gasteiger partial charge in [-0.2, -0.15) is 0 Å². The molecule has 0 aliphatic heterocycles. The summed E-state index contributed by atoms with van der Waals surface area (Å²) in [5.41, 5.74) is -0.975. The molecule has 0 aliphatic carbocycles.